The van der Waals surface area contributed by atoms with Crippen LogP contribution >= 0.6 is 0 Å². The quantitative estimate of drug-likeness (QED) is 0.751. The van der Waals surface area contributed by atoms with Crippen LogP contribution in [0, 0.1) is 5.92 Å². The number of Topliss-reactive ketones (excluding diaryl/α,β-unsaturated/α-hetero) is 1. The molecular weight excluding hydrogens is 212 g/mol. The summed E-state index contributed by atoms with van der Waals surface area (Å²) in [5, 5.41) is 0. The zero-order valence-electron chi connectivity index (χ0n) is 11.2. The predicted molar refractivity (Wildman–Crippen MR) is 70.4 cm³/mol. The number of carbonyl (C=O) groups is 1. The lowest BCUT2D eigenvalue weighted by molar-refractivity contribution is -0.121. The van der Waals surface area contributed by atoms with Gasteiger partial charge in [-0.15, -0.1) is 0 Å². The van der Waals surface area contributed by atoms with Crippen LogP contribution in [0.3, 0.4) is 0 Å². The van der Waals surface area contributed by atoms with Gasteiger partial charge in [-0.3, -0.25) is 4.79 Å². The van der Waals surface area contributed by atoms with Gasteiger partial charge in [0.15, 0.2) is 0 Å². The van der Waals surface area contributed by atoms with E-state index in [9.17, 15) is 4.79 Å². The summed E-state index contributed by atoms with van der Waals surface area (Å²) in [5.41, 5.74) is 1.19. The van der Waals surface area contributed by atoms with Gasteiger partial charge in [-0.25, -0.2) is 0 Å². The first kappa shape index (κ1) is 13.8. The van der Waals surface area contributed by atoms with Crippen molar-refractivity contribution >= 4 is 5.78 Å². The van der Waals surface area contributed by atoms with Crippen molar-refractivity contribution in [3.8, 4) is 5.75 Å². The van der Waals surface area contributed by atoms with Gasteiger partial charge in [0.2, 0.25) is 0 Å². The highest BCUT2D eigenvalue weighted by molar-refractivity contribution is 5.80. The van der Waals surface area contributed by atoms with E-state index in [0.717, 1.165) is 12.2 Å². The van der Waals surface area contributed by atoms with Crippen LogP contribution in [0.2, 0.25) is 0 Å². The van der Waals surface area contributed by atoms with Gasteiger partial charge in [0.25, 0.3) is 0 Å². The van der Waals surface area contributed by atoms with Crippen molar-refractivity contribution < 1.29 is 9.53 Å². The number of benzene rings is 1. The zero-order valence-corrected chi connectivity index (χ0v) is 11.2. The van der Waals surface area contributed by atoms with Gasteiger partial charge in [-0.1, -0.05) is 26.0 Å². The van der Waals surface area contributed by atoms with Gasteiger partial charge < -0.3 is 4.74 Å². The van der Waals surface area contributed by atoms with E-state index in [4.69, 9.17) is 4.74 Å². The lowest BCUT2D eigenvalue weighted by Gasteiger charge is -2.10. The van der Waals surface area contributed by atoms with E-state index in [0.29, 0.717) is 12.2 Å². The van der Waals surface area contributed by atoms with E-state index < -0.39 is 0 Å². The Hall–Kier alpha value is -1.31. The monoisotopic (exact) mass is 234 g/mol. The topological polar surface area (TPSA) is 26.3 Å². The summed E-state index contributed by atoms with van der Waals surface area (Å²) in [6.45, 7) is 7.91. The molecule has 0 aliphatic rings. The van der Waals surface area contributed by atoms with E-state index in [2.05, 4.69) is 0 Å². The van der Waals surface area contributed by atoms with Crippen molar-refractivity contribution in [1.82, 2.24) is 0 Å². The van der Waals surface area contributed by atoms with Crippen molar-refractivity contribution in [1.29, 1.82) is 0 Å². The molecule has 0 aliphatic heterocycles. The van der Waals surface area contributed by atoms with E-state index >= 15 is 0 Å². The Morgan fingerprint density at radius 1 is 1.12 bits per heavy atom. The lowest BCUT2D eigenvalue weighted by Crippen LogP contribution is -2.08. The highest BCUT2D eigenvalue weighted by atomic mass is 16.5. The molecule has 2 nitrogen and oxygen atoms in total. The standard InChI is InChI=1S/C15H22O2/c1-11(2)15(16)10-7-13-5-8-14(9-6-13)17-12(3)4/h5-6,8-9,11-12H,7,10H2,1-4H3. The van der Waals surface area contributed by atoms with Gasteiger partial charge in [-0.05, 0) is 38.0 Å². The molecule has 0 fully saturated rings. The Balaban J connectivity index is 2.48. The van der Waals surface area contributed by atoms with Crippen LogP contribution in [-0.2, 0) is 11.2 Å². The van der Waals surface area contributed by atoms with Crippen LogP contribution in [0.25, 0.3) is 0 Å². The van der Waals surface area contributed by atoms with E-state index in [1.165, 1.54) is 5.56 Å². The molecule has 0 heterocycles. The summed E-state index contributed by atoms with van der Waals surface area (Å²) in [4.78, 5) is 11.5. The molecule has 0 bridgehead atoms. The fraction of sp³-hybridized carbons (Fsp3) is 0.533. The fourth-order valence-corrected chi connectivity index (χ4v) is 1.56. The van der Waals surface area contributed by atoms with Gasteiger partial charge in [-0.2, -0.15) is 0 Å². The minimum absolute atomic E-state index is 0.138. The molecule has 2 heteroatoms. The van der Waals surface area contributed by atoms with Gasteiger partial charge in [0.05, 0.1) is 6.10 Å². The molecule has 0 radical (unpaired) electrons. The smallest absolute Gasteiger partial charge is 0.135 e. The number of aryl methyl sites for hydroxylation is 1. The fourth-order valence-electron chi connectivity index (χ4n) is 1.56. The Morgan fingerprint density at radius 2 is 1.71 bits per heavy atom. The Bertz CT molecular complexity index is 350. The lowest BCUT2D eigenvalue weighted by atomic mass is 10.0. The molecule has 1 aromatic carbocycles. The first-order valence-corrected chi connectivity index (χ1v) is 6.27. The van der Waals surface area contributed by atoms with Crippen LogP contribution in [-0.4, -0.2) is 11.9 Å². The molecular formula is C15H22O2. The number of ether oxygens (including phenoxy) is 1. The number of hydrogen-bond acceptors (Lipinski definition) is 2. The second-order valence-corrected chi connectivity index (χ2v) is 4.93. The van der Waals surface area contributed by atoms with Gasteiger partial charge in [0, 0.05) is 12.3 Å². The molecule has 1 aromatic rings. The average molecular weight is 234 g/mol. The molecule has 0 N–H and O–H groups in total. The van der Waals surface area contributed by atoms with Crippen LogP contribution in [0.15, 0.2) is 24.3 Å². The molecule has 0 aromatic heterocycles. The number of rotatable bonds is 6. The van der Waals surface area contributed by atoms with Crippen molar-refractivity contribution in [2.45, 2.75) is 46.6 Å². The molecule has 17 heavy (non-hydrogen) atoms. The zero-order chi connectivity index (χ0) is 12.8. The van der Waals surface area contributed by atoms with Crippen molar-refractivity contribution in [3.05, 3.63) is 29.8 Å². The molecule has 0 spiro atoms. The van der Waals surface area contributed by atoms with E-state index in [-0.39, 0.29) is 12.0 Å². The average Bonchev–Trinajstić information content (AvgIpc) is 2.26. The first-order chi connectivity index (χ1) is 7.99. The second-order valence-electron chi connectivity index (χ2n) is 4.93. The number of carbonyl (C=O) groups excluding carboxylic acids is 1. The predicted octanol–water partition coefficient (Wildman–Crippen LogP) is 3.63. The summed E-state index contributed by atoms with van der Waals surface area (Å²) in [7, 11) is 0. The molecule has 0 unspecified atom stereocenters. The summed E-state index contributed by atoms with van der Waals surface area (Å²) < 4.78 is 5.57. The van der Waals surface area contributed by atoms with Crippen LogP contribution < -0.4 is 4.74 Å². The summed E-state index contributed by atoms with van der Waals surface area (Å²) in [6, 6.07) is 8.00. The summed E-state index contributed by atoms with van der Waals surface area (Å²) in [6.07, 6.45) is 1.64. The third-order valence-corrected chi connectivity index (χ3v) is 2.60. The molecule has 0 saturated carbocycles. The van der Waals surface area contributed by atoms with Gasteiger partial charge >= 0.3 is 0 Å². The molecule has 0 amide bonds. The maximum atomic E-state index is 11.5. The Labute approximate surface area is 104 Å². The van der Waals surface area contributed by atoms with Crippen molar-refractivity contribution in [2.75, 3.05) is 0 Å². The minimum atomic E-state index is 0.138. The first-order valence-electron chi connectivity index (χ1n) is 6.27. The third kappa shape index (κ3) is 5.03. The maximum Gasteiger partial charge on any atom is 0.135 e. The van der Waals surface area contributed by atoms with Crippen LogP contribution in [0.5, 0.6) is 5.75 Å². The summed E-state index contributed by atoms with van der Waals surface area (Å²) in [5.74, 6) is 1.35. The van der Waals surface area contributed by atoms with E-state index in [1.807, 2.05) is 52.0 Å². The molecule has 1 rings (SSSR count). The molecule has 0 saturated heterocycles. The number of hydrogen-bond donors (Lipinski definition) is 0. The van der Waals surface area contributed by atoms with Crippen LogP contribution in [0.1, 0.15) is 39.7 Å². The highest BCUT2D eigenvalue weighted by Crippen LogP contribution is 2.15. The highest BCUT2D eigenvalue weighted by Gasteiger charge is 2.07. The van der Waals surface area contributed by atoms with Crippen LogP contribution in [0.4, 0.5) is 0 Å². The second kappa shape index (κ2) is 6.43. The molecule has 0 aliphatic carbocycles. The Morgan fingerprint density at radius 3 is 2.18 bits per heavy atom. The van der Waals surface area contributed by atoms with E-state index in [1.54, 1.807) is 0 Å². The Kier molecular flexibility index (Phi) is 5.20. The molecule has 0 atom stereocenters. The van der Waals surface area contributed by atoms with Gasteiger partial charge in [0.1, 0.15) is 11.5 Å². The van der Waals surface area contributed by atoms with Crippen molar-refractivity contribution in [2.24, 2.45) is 5.92 Å². The molecule has 94 valence electrons. The third-order valence-electron chi connectivity index (χ3n) is 2.60. The normalized spacial score (nSPS) is 10.9. The summed E-state index contributed by atoms with van der Waals surface area (Å²) >= 11 is 0. The minimum Gasteiger partial charge on any atom is -0.491 e. The number of ketones is 1. The maximum absolute atomic E-state index is 11.5. The van der Waals surface area contributed by atoms with Crippen molar-refractivity contribution in [3.63, 3.8) is 0 Å². The largest absolute Gasteiger partial charge is 0.491 e. The SMILES string of the molecule is CC(C)Oc1ccc(CCC(=O)C(C)C)cc1.